The lowest BCUT2D eigenvalue weighted by molar-refractivity contribution is 0.240. The molecular weight excluding hydrogens is 397 g/mol. The van der Waals surface area contributed by atoms with Crippen LogP contribution in [-0.4, -0.2) is 46.5 Å². The molecule has 2 aromatic rings. The fraction of sp³-hybridized carbons (Fsp3) is 0.421. The lowest BCUT2D eigenvalue weighted by Crippen LogP contribution is -2.37. The van der Waals surface area contributed by atoms with E-state index in [9.17, 15) is 0 Å². The van der Waals surface area contributed by atoms with Crippen molar-refractivity contribution >= 4 is 46.6 Å². The van der Waals surface area contributed by atoms with Crippen LogP contribution < -0.4 is 16.4 Å². The molecular formula is C19H27Cl2N7. The third-order valence-electron chi connectivity index (χ3n) is 4.27. The van der Waals surface area contributed by atoms with Crippen LogP contribution in [0.25, 0.3) is 0 Å². The summed E-state index contributed by atoms with van der Waals surface area (Å²) in [7, 11) is 0. The quantitative estimate of drug-likeness (QED) is 0.433. The van der Waals surface area contributed by atoms with Crippen LogP contribution in [-0.2, 0) is 0 Å². The predicted molar refractivity (Wildman–Crippen MR) is 119 cm³/mol. The average Bonchev–Trinajstić information content (AvgIpc) is 2.63. The summed E-state index contributed by atoms with van der Waals surface area (Å²) < 4.78 is 0. The first-order chi connectivity index (χ1) is 13.3. The van der Waals surface area contributed by atoms with Gasteiger partial charge in [-0.15, -0.1) is 0 Å². The second kappa shape index (κ2) is 10.5. The van der Waals surface area contributed by atoms with Crippen molar-refractivity contribution in [3.63, 3.8) is 0 Å². The fourth-order valence-corrected chi connectivity index (χ4v) is 3.08. The zero-order valence-corrected chi connectivity index (χ0v) is 18.1. The molecule has 2 rings (SSSR count). The van der Waals surface area contributed by atoms with Gasteiger partial charge in [-0.1, -0.05) is 37.0 Å². The predicted octanol–water partition coefficient (Wildman–Crippen LogP) is 4.29. The molecule has 0 aliphatic heterocycles. The Bertz CT molecular complexity index is 822. The van der Waals surface area contributed by atoms with Gasteiger partial charge in [-0.25, -0.2) is 4.98 Å². The molecule has 0 amide bonds. The number of aryl methyl sites for hydroxylation is 1. The molecule has 0 bridgehead atoms. The zero-order chi connectivity index (χ0) is 20.7. The molecule has 1 atom stereocenters. The van der Waals surface area contributed by atoms with E-state index in [1.54, 1.807) is 18.2 Å². The largest absolute Gasteiger partial charge is 0.369 e. The van der Waals surface area contributed by atoms with E-state index in [0.717, 1.165) is 25.3 Å². The number of likely N-dealkylation sites (N-methyl/N-ethyl adjacent to an activating group) is 1. The Balaban J connectivity index is 2.08. The second-order valence-corrected chi connectivity index (χ2v) is 7.21. The smallest absolute Gasteiger partial charge is 0.254 e. The lowest BCUT2D eigenvalue weighted by atomic mass is 10.2. The Morgan fingerprint density at radius 1 is 1.18 bits per heavy atom. The lowest BCUT2D eigenvalue weighted by Gasteiger charge is -2.26. The van der Waals surface area contributed by atoms with E-state index >= 15 is 0 Å². The third kappa shape index (κ3) is 6.51. The van der Waals surface area contributed by atoms with Gasteiger partial charge in [0.1, 0.15) is 5.82 Å². The summed E-state index contributed by atoms with van der Waals surface area (Å²) in [6.07, 6.45) is 0. The average molecular weight is 424 g/mol. The van der Waals surface area contributed by atoms with Crippen LogP contribution in [0.4, 0.5) is 17.5 Å². The first-order valence-corrected chi connectivity index (χ1v) is 9.97. The van der Waals surface area contributed by atoms with E-state index < -0.39 is 0 Å². The second-order valence-electron chi connectivity index (χ2n) is 6.40. The Morgan fingerprint density at radius 2 is 1.89 bits per heavy atom. The molecule has 0 aliphatic rings. The van der Waals surface area contributed by atoms with Crippen LogP contribution in [0.15, 0.2) is 29.3 Å². The molecule has 1 aromatic heterocycles. The van der Waals surface area contributed by atoms with Gasteiger partial charge in [0.05, 0.1) is 10.0 Å². The minimum absolute atomic E-state index is 0.159. The number of guanidine groups is 1. The topological polar surface area (TPSA) is 91.5 Å². The monoisotopic (exact) mass is 423 g/mol. The molecule has 0 saturated heterocycles. The van der Waals surface area contributed by atoms with Crippen molar-refractivity contribution in [3.8, 4) is 0 Å². The van der Waals surface area contributed by atoms with E-state index in [0.29, 0.717) is 27.6 Å². The minimum atomic E-state index is 0.159. The third-order valence-corrected chi connectivity index (χ3v) is 5.01. The first kappa shape index (κ1) is 22.2. The normalized spacial score (nSPS) is 12.9. The Labute approximate surface area is 176 Å². The van der Waals surface area contributed by atoms with E-state index in [1.165, 1.54) is 0 Å². The SMILES string of the molecule is CCN(CC)C(C)CNc1cc(C)nc(/N=C(\N)Nc2ccc(Cl)c(Cl)c2)n1. The highest BCUT2D eigenvalue weighted by Gasteiger charge is 2.10. The summed E-state index contributed by atoms with van der Waals surface area (Å²) in [5.41, 5.74) is 7.46. The number of nitrogens with zero attached hydrogens (tertiary/aromatic N) is 4. The van der Waals surface area contributed by atoms with Crippen molar-refractivity contribution in [2.75, 3.05) is 30.3 Å². The van der Waals surface area contributed by atoms with Crippen LogP contribution >= 0.6 is 23.2 Å². The summed E-state index contributed by atoms with van der Waals surface area (Å²) in [5, 5.41) is 7.21. The van der Waals surface area contributed by atoms with Crippen LogP contribution in [0.2, 0.25) is 10.0 Å². The molecule has 1 heterocycles. The summed E-state index contributed by atoms with van der Waals surface area (Å²) in [6, 6.07) is 7.39. The number of halogens is 2. The van der Waals surface area contributed by atoms with Gasteiger partial charge in [-0.05, 0) is 45.1 Å². The highest BCUT2D eigenvalue weighted by Crippen LogP contribution is 2.25. The molecule has 0 fully saturated rings. The van der Waals surface area contributed by atoms with Gasteiger partial charge >= 0.3 is 0 Å². The highest BCUT2D eigenvalue weighted by molar-refractivity contribution is 6.42. The highest BCUT2D eigenvalue weighted by atomic mass is 35.5. The first-order valence-electron chi connectivity index (χ1n) is 9.22. The molecule has 9 heteroatoms. The van der Waals surface area contributed by atoms with Crippen LogP contribution in [0, 0.1) is 6.92 Å². The molecule has 28 heavy (non-hydrogen) atoms. The van der Waals surface area contributed by atoms with Gasteiger partial charge in [-0.3, -0.25) is 4.90 Å². The molecule has 0 radical (unpaired) electrons. The fourth-order valence-electron chi connectivity index (χ4n) is 2.78. The Kier molecular flexibility index (Phi) is 8.29. The van der Waals surface area contributed by atoms with E-state index in [2.05, 4.69) is 51.3 Å². The standard InChI is InChI=1S/C19H27Cl2N7/c1-5-28(6-2)13(4)11-23-17-9-12(3)24-19(26-17)27-18(22)25-14-7-8-15(20)16(21)10-14/h7-10,13H,5-6,11H2,1-4H3,(H4,22,23,24,25,26,27). The molecule has 152 valence electrons. The molecule has 7 nitrogen and oxygen atoms in total. The number of nitrogens with one attached hydrogen (secondary N) is 2. The number of benzene rings is 1. The van der Waals surface area contributed by atoms with Crippen LogP contribution in [0.1, 0.15) is 26.5 Å². The maximum atomic E-state index is 6.01. The summed E-state index contributed by atoms with van der Waals surface area (Å²) >= 11 is 11.9. The van der Waals surface area contributed by atoms with Gasteiger partial charge in [-0.2, -0.15) is 9.98 Å². The van der Waals surface area contributed by atoms with Crippen molar-refractivity contribution in [1.29, 1.82) is 0 Å². The zero-order valence-electron chi connectivity index (χ0n) is 16.6. The molecule has 4 N–H and O–H groups in total. The number of anilines is 2. The number of aliphatic imine (C=N–C) groups is 1. The Hall–Kier alpha value is -2.09. The van der Waals surface area contributed by atoms with Crippen LogP contribution in [0.3, 0.4) is 0 Å². The molecule has 0 saturated carbocycles. The number of nitrogens with two attached hydrogens (primary N) is 1. The maximum absolute atomic E-state index is 6.01. The van der Waals surface area contributed by atoms with Crippen molar-refractivity contribution in [2.45, 2.75) is 33.7 Å². The van der Waals surface area contributed by atoms with Gasteiger partial charge < -0.3 is 16.4 Å². The number of aromatic nitrogens is 2. The number of hydrogen-bond donors (Lipinski definition) is 3. The number of rotatable bonds is 8. The van der Waals surface area contributed by atoms with Crippen molar-refractivity contribution in [2.24, 2.45) is 10.7 Å². The summed E-state index contributed by atoms with van der Waals surface area (Å²) in [5.74, 6) is 1.15. The maximum Gasteiger partial charge on any atom is 0.254 e. The van der Waals surface area contributed by atoms with Gasteiger partial charge in [0, 0.05) is 30.0 Å². The van der Waals surface area contributed by atoms with Gasteiger partial charge in [0.15, 0.2) is 0 Å². The van der Waals surface area contributed by atoms with Gasteiger partial charge in [0.25, 0.3) is 5.95 Å². The van der Waals surface area contributed by atoms with E-state index in [1.807, 2.05) is 13.0 Å². The molecule has 1 aromatic carbocycles. The van der Waals surface area contributed by atoms with Crippen molar-refractivity contribution in [3.05, 3.63) is 40.0 Å². The molecule has 0 aliphatic carbocycles. The van der Waals surface area contributed by atoms with E-state index in [4.69, 9.17) is 28.9 Å². The Morgan fingerprint density at radius 3 is 2.54 bits per heavy atom. The number of hydrogen-bond acceptors (Lipinski definition) is 5. The van der Waals surface area contributed by atoms with Gasteiger partial charge in [0.2, 0.25) is 5.96 Å². The van der Waals surface area contributed by atoms with Crippen LogP contribution in [0.5, 0.6) is 0 Å². The molecule has 0 spiro atoms. The van der Waals surface area contributed by atoms with Crippen molar-refractivity contribution in [1.82, 2.24) is 14.9 Å². The van der Waals surface area contributed by atoms with Crippen molar-refractivity contribution < 1.29 is 0 Å². The summed E-state index contributed by atoms with van der Waals surface area (Å²) in [6.45, 7) is 11.2. The minimum Gasteiger partial charge on any atom is -0.369 e. The summed E-state index contributed by atoms with van der Waals surface area (Å²) in [4.78, 5) is 15.4. The van der Waals surface area contributed by atoms with E-state index in [-0.39, 0.29) is 11.9 Å². The molecule has 1 unspecified atom stereocenters.